The Bertz CT molecular complexity index is 251. The largest absolute Gasteiger partial charge is 0.381 e. The van der Waals surface area contributed by atoms with Crippen molar-refractivity contribution >= 4 is 5.91 Å². The van der Waals surface area contributed by atoms with Crippen LogP contribution in [0, 0.1) is 17.8 Å². The van der Waals surface area contributed by atoms with Crippen LogP contribution in [0.4, 0.5) is 0 Å². The van der Waals surface area contributed by atoms with Crippen LogP contribution < -0.4 is 5.32 Å². The van der Waals surface area contributed by atoms with Crippen molar-refractivity contribution in [2.45, 2.75) is 6.42 Å². The van der Waals surface area contributed by atoms with Gasteiger partial charge in [-0.05, 0) is 13.0 Å². The summed E-state index contributed by atoms with van der Waals surface area (Å²) < 4.78 is 5.41. The van der Waals surface area contributed by atoms with Gasteiger partial charge in [-0.15, -0.1) is 0 Å². The first-order valence-corrected chi connectivity index (χ1v) is 5.92. The molecule has 4 nitrogen and oxygen atoms in total. The molecule has 0 saturated carbocycles. The Morgan fingerprint density at radius 1 is 1.27 bits per heavy atom. The van der Waals surface area contributed by atoms with Gasteiger partial charge >= 0.3 is 0 Å². The van der Waals surface area contributed by atoms with Gasteiger partial charge in [-0.3, -0.25) is 4.79 Å². The molecule has 0 spiro atoms. The zero-order chi connectivity index (χ0) is 10.3. The van der Waals surface area contributed by atoms with E-state index in [1.807, 2.05) is 0 Å². The third-order valence-electron chi connectivity index (χ3n) is 3.96. The van der Waals surface area contributed by atoms with Crippen molar-refractivity contribution in [2.24, 2.45) is 17.8 Å². The van der Waals surface area contributed by atoms with Gasteiger partial charge in [-0.2, -0.15) is 0 Å². The highest BCUT2D eigenvalue weighted by atomic mass is 16.5. The van der Waals surface area contributed by atoms with E-state index in [0.29, 0.717) is 17.7 Å². The van der Waals surface area contributed by atoms with Crippen LogP contribution in [0.25, 0.3) is 0 Å². The fourth-order valence-corrected chi connectivity index (χ4v) is 2.99. The molecule has 15 heavy (non-hydrogen) atoms. The van der Waals surface area contributed by atoms with Crippen LogP contribution >= 0.6 is 0 Å². The molecule has 3 rings (SSSR count). The quantitative estimate of drug-likeness (QED) is 0.646. The van der Waals surface area contributed by atoms with E-state index in [9.17, 15) is 4.79 Å². The number of rotatable bonds is 1. The van der Waals surface area contributed by atoms with Crippen LogP contribution in [-0.4, -0.2) is 50.2 Å². The topological polar surface area (TPSA) is 41.6 Å². The van der Waals surface area contributed by atoms with Gasteiger partial charge in [0.1, 0.15) is 0 Å². The number of nitrogens with one attached hydrogen (secondary N) is 1. The molecule has 0 aromatic carbocycles. The Morgan fingerprint density at radius 2 is 2.00 bits per heavy atom. The molecule has 3 saturated heterocycles. The lowest BCUT2D eigenvalue weighted by molar-refractivity contribution is -0.134. The molecule has 0 radical (unpaired) electrons. The Hall–Kier alpha value is -0.610. The van der Waals surface area contributed by atoms with Crippen molar-refractivity contribution in [3.8, 4) is 0 Å². The predicted octanol–water partition coefficient (Wildman–Crippen LogP) is -0.299. The number of hydrogen-bond donors (Lipinski definition) is 1. The van der Waals surface area contributed by atoms with Gasteiger partial charge in [0.2, 0.25) is 5.91 Å². The van der Waals surface area contributed by atoms with Crippen molar-refractivity contribution in [3.05, 3.63) is 0 Å². The highest BCUT2D eigenvalue weighted by Gasteiger charge is 2.40. The van der Waals surface area contributed by atoms with Crippen molar-refractivity contribution in [1.29, 1.82) is 0 Å². The highest BCUT2D eigenvalue weighted by molar-refractivity contribution is 5.79. The summed E-state index contributed by atoms with van der Waals surface area (Å²) in [6.45, 7) is 5.45. The summed E-state index contributed by atoms with van der Waals surface area (Å²) in [4.78, 5) is 14.2. The molecule has 0 unspecified atom stereocenters. The third-order valence-corrected chi connectivity index (χ3v) is 3.96. The van der Waals surface area contributed by atoms with E-state index in [1.165, 1.54) is 0 Å². The Labute approximate surface area is 90.0 Å². The summed E-state index contributed by atoms with van der Waals surface area (Å²) in [6, 6.07) is 0. The second-order valence-corrected chi connectivity index (χ2v) is 4.99. The fraction of sp³-hybridized carbons (Fsp3) is 0.909. The summed E-state index contributed by atoms with van der Waals surface area (Å²) in [5.74, 6) is 1.84. The molecule has 0 aromatic rings. The Morgan fingerprint density at radius 3 is 2.60 bits per heavy atom. The van der Waals surface area contributed by atoms with Gasteiger partial charge in [0.15, 0.2) is 0 Å². The minimum atomic E-state index is 0.241. The number of amides is 1. The van der Waals surface area contributed by atoms with Gasteiger partial charge < -0.3 is 15.0 Å². The molecule has 0 aromatic heterocycles. The lowest BCUT2D eigenvalue weighted by Gasteiger charge is -2.20. The number of ether oxygens (including phenoxy) is 1. The maximum atomic E-state index is 12.1. The summed E-state index contributed by atoms with van der Waals surface area (Å²) in [5.41, 5.74) is 0. The van der Waals surface area contributed by atoms with Crippen LogP contribution in [0.2, 0.25) is 0 Å². The van der Waals surface area contributed by atoms with Gasteiger partial charge in [0.05, 0.1) is 19.1 Å². The molecule has 0 aliphatic carbocycles. The molecule has 1 N–H and O–H groups in total. The van der Waals surface area contributed by atoms with Crippen LogP contribution in [-0.2, 0) is 9.53 Å². The van der Waals surface area contributed by atoms with E-state index in [1.54, 1.807) is 0 Å². The van der Waals surface area contributed by atoms with Crippen LogP contribution in [0.1, 0.15) is 6.42 Å². The zero-order valence-corrected chi connectivity index (χ0v) is 8.95. The number of fused-ring (bicyclic) bond motifs is 1. The molecule has 3 aliphatic rings. The Balaban J connectivity index is 1.61. The molecule has 3 aliphatic heterocycles. The average molecular weight is 210 g/mol. The van der Waals surface area contributed by atoms with E-state index in [-0.39, 0.29) is 5.92 Å². The number of carbonyl (C=O) groups is 1. The molecule has 3 fully saturated rings. The van der Waals surface area contributed by atoms with E-state index >= 15 is 0 Å². The van der Waals surface area contributed by atoms with Gasteiger partial charge in [-0.1, -0.05) is 0 Å². The summed E-state index contributed by atoms with van der Waals surface area (Å²) in [5, 5.41) is 3.25. The minimum absolute atomic E-state index is 0.241. The van der Waals surface area contributed by atoms with Crippen molar-refractivity contribution in [3.63, 3.8) is 0 Å². The van der Waals surface area contributed by atoms with Crippen LogP contribution in [0.3, 0.4) is 0 Å². The molecule has 1 amide bonds. The lowest BCUT2D eigenvalue weighted by Crippen LogP contribution is -2.36. The fourth-order valence-electron chi connectivity index (χ4n) is 2.99. The van der Waals surface area contributed by atoms with E-state index in [4.69, 9.17) is 4.74 Å². The van der Waals surface area contributed by atoms with Gasteiger partial charge in [-0.25, -0.2) is 0 Å². The monoisotopic (exact) mass is 210 g/mol. The molecule has 3 atom stereocenters. The SMILES string of the molecule is O=C([C@@H]1CCNC1)N1C[C@H]2COC[C@@H]2C1. The van der Waals surface area contributed by atoms with Crippen molar-refractivity contribution in [2.75, 3.05) is 39.4 Å². The standard InChI is InChI=1S/C11H18N2O2/c14-11(8-1-2-12-3-8)13-4-9-6-15-7-10(9)5-13/h8-10,12H,1-7H2/t8-,9+,10+/m1/s1. The first-order valence-electron chi connectivity index (χ1n) is 5.92. The van der Waals surface area contributed by atoms with E-state index < -0.39 is 0 Å². The third kappa shape index (κ3) is 1.66. The number of likely N-dealkylation sites (tertiary alicyclic amines) is 1. The van der Waals surface area contributed by atoms with Gasteiger partial charge in [0, 0.05) is 31.5 Å². The number of hydrogen-bond acceptors (Lipinski definition) is 3. The first kappa shape index (κ1) is 9.60. The second kappa shape index (κ2) is 3.76. The molecule has 84 valence electrons. The van der Waals surface area contributed by atoms with E-state index in [0.717, 1.165) is 45.8 Å². The first-order chi connectivity index (χ1) is 7.34. The molecule has 4 heteroatoms. The smallest absolute Gasteiger partial charge is 0.227 e. The lowest BCUT2D eigenvalue weighted by atomic mass is 10.0. The van der Waals surface area contributed by atoms with Gasteiger partial charge in [0.25, 0.3) is 0 Å². The number of nitrogens with zero attached hydrogens (tertiary/aromatic N) is 1. The second-order valence-electron chi connectivity index (χ2n) is 4.99. The van der Waals surface area contributed by atoms with Crippen molar-refractivity contribution in [1.82, 2.24) is 10.2 Å². The summed E-state index contributed by atoms with van der Waals surface area (Å²) in [7, 11) is 0. The summed E-state index contributed by atoms with van der Waals surface area (Å²) >= 11 is 0. The highest BCUT2D eigenvalue weighted by Crippen LogP contribution is 2.30. The normalized spacial score (nSPS) is 39.7. The maximum absolute atomic E-state index is 12.1. The molecule has 3 heterocycles. The maximum Gasteiger partial charge on any atom is 0.227 e. The predicted molar refractivity (Wildman–Crippen MR) is 55.4 cm³/mol. The molecular weight excluding hydrogens is 192 g/mol. The molecular formula is C11H18N2O2. The zero-order valence-electron chi connectivity index (χ0n) is 8.95. The van der Waals surface area contributed by atoms with Crippen molar-refractivity contribution < 1.29 is 9.53 Å². The van der Waals surface area contributed by atoms with Crippen LogP contribution in [0.5, 0.6) is 0 Å². The minimum Gasteiger partial charge on any atom is -0.381 e. The molecule has 0 bridgehead atoms. The summed E-state index contributed by atoms with van der Waals surface area (Å²) in [6.07, 6.45) is 1.02. The van der Waals surface area contributed by atoms with Crippen LogP contribution in [0.15, 0.2) is 0 Å². The average Bonchev–Trinajstić information content (AvgIpc) is 2.92. The van der Waals surface area contributed by atoms with E-state index in [2.05, 4.69) is 10.2 Å². The Kier molecular flexibility index (Phi) is 2.41. The number of carbonyl (C=O) groups excluding carboxylic acids is 1.